The van der Waals surface area contributed by atoms with E-state index < -0.39 is 0 Å². The van der Waals surface area contributed by atoms with Crippen LogP contribution < -0.4 is 0 Å². The van der Waals surface area contributed by atoms with Crippen LogP contribution in [-0.2, 0) is 0 Å². The fraction of sp³-hybridized carbons (Fsp3) is 0.700. The average Bonchev–Trinajstić information content (AvgIpc) is 2.72. The van der Waals surface area contributed by atoms with Crippen LogP contribution in [0.3, 0.4) is 0 Å². The molecule has 3 rings (SSSR count). The van der Waals surface area contributed by atoms with Gasteiger partial charge in [0.05, 0.1) is 10.9 Å². The van der Waals surface area contributed by atoms with Crippen molar-refractivity contribution in [2.75, 3.05) is 5.75 Å². The molecule has 0 N–H and O–H groups in total. The molecule has 2 aliphatic rings. The Labute approximate surface area is 87.0 Å². The fourth-order valence-electron chi connectivity index (χ4n) is 1.79. The van der Waals surface area contributed by atoms with E-state index in [1.54, 1.807) is 0 Å². The van der Waals surface area contributed by atoms with Gasteiger partial charge in [0, 0.05) is 11.3 Å². The van der Waals surface area contributed by atoms with Gasteiger partial charge in [0.25, 0.3) is 0 Å². The van der Waals surface area contributed by atoms with Gasteiger partial charge in [-0.15, -0.1) is 11.3 Å². The standard InChI is InChI=1S/C10H13NS2/c1-2-9(12-5-1)10-11-8(6-13-10)7-3-4-7/h6-7,9H,1-5H2. The van der Waals surface area contributed by atoms with Crippen molar-refractivity contribution in [1.82, 2.24) is 4.98 Å². The Bertz CT molecular complexity index is 298. The maximum Gasteiger partial charge on any atom is 0.106 e. The molecule has 0 radical (unpaired) electrons. The smallest absolute Gasteiger partial charge is 0.106 e. The van der Waals surface area contributed by atoms with Crippen molar-refractivity contribution in [1.29, 1.82) is 0 Å². The molecule has 0 spiro atoms. The monoisotopic (exact) mass is 211 g/mol. The molecule has 0 amide bonds. The van der Waals surface area contributed by atoms with Crippen molar-refractivity contribution in [3.05, 3.63) is 16.1 Å². The molecular formula is C10H13NS2. The molecule has 1 aromatic heterocycles. The number of hydrogen-bond donors (Lipinski definition) is 0. The number of thiazole rings is 1. The molecule has 2 fully saturated rings. The molecule has 1 saturated carbocycles. The maximum absolute atomic E-state index is 4.75. The van der Waals surface area contributed by atoms with Crippen molar-refractivity contribution < 1.29 is 0 Å². The minimum Gasteiger partial charge on any atom is -0.245 e. The molecule has 70 valence electrons. The van der Waals surface area contributed by atoms with Gasteiger partial charge in [-0.1, -0.05) is 0 Å². The summed E-state index contributed by atoms with van der Waals surface area (Å²) in [4.78, 5) is 4.75. The Hall–Kier alpha value is -0.0200. The second-order valence-corrected chi connectivity index (χ2v) is 6.09. The van der Waals surface area contributed by atoms with Gasteiger partial charge in [0.2, 0.25) is 0 Å². The van der Waals surface area contributed by atoms with Gasteiger partial charge in [0.1, 0.15) is 5.01 Å². The van der Waals surface area contributed by atoms with Gasteiger partial charge in [-0.2, -0.15) is 11.8 Å². The van der Waals surface area contributed by atoms with Crippen LogP contribution in [0, 0.1) is 0 Å². The summed E-state index contributed by atoms with van der Waals surface area (Å²) >= 11 is 3.97. The van der Waals surface area contributed by atoms with Gasteiger partial charge < -0.3 is 0 Å². The van der Waals surface area contributed by atoms with Crippen LogP contribution in [0.25, 0.3) is 0 Å². The number of hydrogen-bond acceptors (Lipinski definition) is 3. The Kier molecular flexibility index (Phi) is 2.10. The lowest BCUT2D eigenvalue weighted by Crippen LogP contribution is -1.87. The van der Waals surface area contributed by atoms with E-state index in [0.29, 0.717) is 0 Å². The molecule has 13 heavy (non-hydrogen) atoms. The fourth-order valence-corrected chi connectivity index (χ4v) is 4.22. The predicted molar refractivity (Wildman–Crippen MR) is 58.5 cm³/mol. The third-order valence-corrected chi connectivity index (χ3v) is 5.25. The van der Waals surface area contributed by atoms with Crippen LogP contribution in [0.15, 0.2) is 5.38 Å². The quantitative estimate of drug-likeness (QED) is 0.741. The van der Waals surface area contributed by atoms with E-state index in [4.69, 9.17) is 4.98 Å². The highest BCUT2D eigenvalue weighted by Gasteiger charge is 2.28. The first-order chi connectivity index (χ1) is 6.43. The van der Waals surface area contributed by atoms with Crippen molar-refractivity contribution in [2.45, 2.75) is 36.9 Å². The van der Waals surface area contributed by atoms with Crippen molar-refractivity contribution in [3.63, 3.8) is 0 Å². The molecule has 1 atom stereocenters. The van der Waals surface area contributed by atoms with E-state index >= 15 is 0 Å². The number of nitrogens with zero attached hydrogens (tertiary/aromatic N) is 1. The third-order valence-electron chi connectivity index (χ3n) is 2.74. The number of rotatable bonds is 2. The summed E-state index contributed by atoms with van der Waals surface area (Å²) in [6, 6.07) is 0. The predicted octanol–water partition coefficient (Wildman–Crippen LogP) is 3.59. The van der Waals surface area contributed by atoms with Gasteiger partial charge in [-0.25, -0.2) is 4.98 Å². The first kappa shape index (κ1) is 8.30. The molecule has 3 heteroatoms. The van der Waals surface area contributed by atoms with E-state index in [1.165, 1.54) is 42.1 Å². The summed E-state index contributed by atoms with van der Waals surface area (Å²) in [7, 11) is 0. The second-order valence-electron chi connectivity index (χ2n) is 3.89. The lowest BCUT2D eigenvalue weighted by Gasteiger charge is -2.01. The number of aromatic nitrogens is 1. The highest BCUT2D eigenvalue weighted by molar-refractivity contribution is 7.99. The Balaban J connectivity index is 1.79. The molecule has 1 aliphatic heterocycles. The van der Waals surface area contributed by atoms with Crippen LogP contribution in [0.4, 0.5) is 0 Å². The van der Waals surface area contributed by atoms with E-state index in [0.717, 1.165) is 11.2 Å². The number of thioether (sulfide) groups is 1. The second kappa shape index (κ2) is 3.28. The first-order valence-corrected chi connectivity index (χ1v) is 6.93. The van der Waals surface area contributed by atoms with Crippen LogP contribution in [0.2, 0.25) is 0 Å². The Morgan fingerprint density at radius 1 is 1.31 bits per heavy atom. The molecular weight excluding hydrogens is 198 g/mol. The van der Waals surface area contributed by atoms with Crippen molar-refractivity contribution >= 4 is 23.1 Å². The van der Waals surface area contributed by atoms with Crippen LogP contribution >= 0.6 is 23.1 Å². The zero-order valence-electron chi connectivity index (χ0n) is 7.53. The lowest BCUT2D eigenvalue weighted by atomic mass is 10.2. The van der Waals surface area contributed by atoms with Gasteiger partial charge in [0.15, 0.2) is 0 Å². The summed E-state index contributed by atoms with van der Waals surface area (Å²) in [6.07, 6.45) is 5.48. The van der Waals surface area contributed by atoms with Gasteiger partial charge in [-0.05, 0) is 31.4 Å². The minimum atomic E-state index is 0.734. The summed E-state index contributed by atoms with van der Waals surface area (Å²) in [5, 5.41) is 4.41. The average molecular weight is 211 g/mol. The molecule has 1 nitrogen and oxygen atoms in total. The zero-order valence-corrected chi connectivity index (χ0v) is 9.16. The molecule has 1 unspecified atom stereocenters. The summed E-state index contributed by atoms with van der Waals surface area (Å²) in [6.45, 7) is 0. The van der Waals surface area contributed by atoms with E-state index in [9.17, 15) is 0 Å². The maximum atomic E-state index is 4.75. The highest BCUT2D eigenvalue weighted by Crippen LogP contribution is 2.45. The SMILES string of the molecule is c1sc(C2CCCS2)nc1C1CC1. The first-order valence-electron chi connectivity index (χ1n) is 5.00. The molecule has 0 bridgehead atoms. The molecule has 1 saturated heterocycles. The Morgan fingerprint density at radius 2 is 2.23 bits per heavy atom. The van der Waals surface area contributed by atoms with Gasteiger partial charge >= 0.3 is 0 Å². The molecule has 1 aromatic rings. The van der Waals surface area contributed by atoms with Crippen molar-refractivity contribution in [3.8, 4) is 0 Å². The van der Waals surface area contributed by atoms with Crippen LogP contribution in [0.1, 0.15) is 47.6 Å². The summed E-state index contributed by atoms with van der Waals surface area (Å²) in [5.41, 5.74) is 1.38. The van der Waals surface area contributed by atoms with Gasteiger partial charge in [-0.3, -0.25) is 0 Å². The lowest BCUT2D eigenvalue weighted by molar-refractivity contribution is 0.816. The Morgan fingerprint density at radius 3 is 2.92 bits per heavy atom. The molecule has 0 aromatic carbocycles. The largest absolute Gasteiger partial charge is 0.245 e. The van der Waals surface area contributed by atoms with Crippen LogP contribution in [0.5, 0.6) is 0 Å². The van der Waals surface area contributed by atoms with Crippen LogP contribution in [-0.4, -0.2) is 10.7 Å². The molecule has 2 heterocycles. The van der Waals surface area contributed by atoms with E-state index in [-0.39, 0.29) is 0 Å². The minimum absolute atomic E-state index is 0.734. The van der Waals surface area contributed by atoms with E-state index in [2.05, 4.69) is 17.1 Å². The van der Waals surface area contributed by atoms with E-state index in [1.807, 2.05) is 11.3 Å². The third kappa shape index (κ3) is 1.64. The highest BCUT2D eigenvalue weighted by atomic mass is 32.2. The summed E-state index contributed by atoms with van der Waals surface area (Å²) < 4.78 is 0. The molecule has 1 aliphatic carbocycles. The zero-order chi connectivity index (χ0) is 8.67. The summed E-state index contributed by atoms with van der Waals surface area (Å²) in [5.74, 6) is 2.17. The normalized spacial score (nSPS) is 28.2. The topological polar surface area (TPSA) is 12.9 Å². The van der Waals surface area contributed by atoms with Crippen molar-refractivity contribution in [2.24, 2.45) is 0 Å².